The van der Waals surface area contributed by atoms with Crippen molar-refractivity contribution in [1.82, 2.24) is 9.97 Å². The molecule has 1 aromatic heterocycles. The second-order valence-electron chi connectivity index (χ2n) is 2.50. The fourth-order valence-corrected chi connectivity index (χ4v) is 1.37. The Balaban J connectivity index is 2.48. The first kappa shape index (κ1) is 13.1. The molecule has 0 aliphatic heterocycles. The summed E-state index contributed by atoms with van der Waals surface area (Å²) in [4.78, 5) is 8.05. The molecule has 0 saturated heterocycles. The number of ether oxygens (including phenoxy) is 2. The first-order valence-corrected chi connectivity index (χ1v) is 6.30. The van der Waals surface area contributed by atoms with Gasteiger partial charge in [-0.25, -0.2) is 0 Å². The van der Waals surface area contributed by atoms with Crippen LogP contribution >= 0.6 is 19.7 Å². The van der Waals surface area contributed by atoms with Crippen LogP contribution in [-0.2, 0) is 9.30 Å². The Morgan fingerprint density at radius 3 is 3.06 bits per heavy atom. The molecule has 0 amide bonds. The molecule has 1 aromatic rings. The average Bonchev–Trinajstić information content (AvgIpc) is 2.28. The molecular formula is C8H10N3O3PS. The van der Waals surface area contributed by atoms with Gasteiger partial charge in [0.2, 0.25) is 0 Å². The standard InChI is InChI=1S/C8H10N3O3PS/c1-16-8-10-6(9)4-7(11-8)14-3-2-13-5-15-12/h4H,2-3H2,1H3,(H2,9,10,11). The summed E-state index contributed by atoms with van der Waals surface area (Å²) in [6, 6.07) is 1.53. The molecule has 0 saturated carbocycles. The van der Waals surface area contributed by atoms with Crippen LogP contribution in [0.3, 0.4) is 0 Å². The van der Waals surface area contributed by atoms with Crippen LogP contribution in [0.4, 0.5) is 5.82 Å². The van der Waals surface area contributed by atoms with E-state index < -0.39 is 0 Å². The number of anilines is 1. The van der Waals surface area contributed by atoms with Gasteiger partial charge < -0.3 is 0 Å². The van der Waals surface area contributed by atoms with Crippen molar-refractivity contribution in [2.75, 3.05) is 25.2 Å². The van der Waals surface area contributed by atoms with Crippen LogP contribution in [0.15, 0.2) is 11.2 Å². The van der Waals surface area contributed by atoms with Gasteiger partial charge in [0.15, 0.2) is 0 Å². The number of nitrogen functional groups attached to an aromatic ring is 1. The van der Waals surface area contributed by atoms with E-state index in [0.29, 0.717) is 16.9 Å². The van der Waals surface area contributed by atoms with E-state index >= 15 is 0 Å². The van der Waals surface area contributed by atoms with Crippen LogP contribution < -0.4 is 10.5 Å². The van der Waals surface area contributed by atoms with Crippen molar-refractivity contribution in [1.29, 1.82) is 0 Å². The number of nitrogens with two attached hydrogens (primary N) is 1. The summed E-state index contributed by atoms with van der Waals surface area (Å²) in [5, 5.41) is 0.548. The summed E-state index contributed by atoms with van der Waals surface area (Å²) < 4.78 is 19.9. The Labute approximate surface area is 98.1 Å². The molecule has 0 radical (unpaired) electrons. The Bertz CT molecular complexity index is 451. The molecule has 2 N–H and O–H groups in total. The molecular weight excluding hydrogens is 249 g/mol. The molecule has 16 heavy (non-hydrogen) atoms. The van der Waals surface area contributed by atoms with E-state index in [9.17, 15) is 4.57 Å². The summed E-state index contributed by atoms with van der Waals surface area (Å²) in [5.41, 5.74) is 5.56. The Morgan fingerprint density at radius 1 is 1.56 bits per heavy atom. The maximum absolute atomic E-state index is 9.95. The van der Waals surface area contributed by atoms with Gasteiger partial charge in [0.25, 0.3) is 0 Å². The summed E-state index contributed by atoms with van der Waals surface area (Å²) in [5.74, 6) is 2.89. The van der Waals surface area contributed by atoms with Crippen LogP contribution in [0.25, 0.3) is 0 Å². The van der Waals surface area contributed by atoms with Crippen molar-refractivity contribution in [3.05, 3.63) is 6.07 Å². The number of thioether (sulfide) groups is 1. The number of rotatable bonds is 5. The van der Waals surface area contributed by atoms with Crippen molar-refractivity contribution < 1.29 is 14.0 Å². The second kappa shape index (κ2) is 7.30. The predicted octanol–water partition coefficient (Wildman–Crippen LogP) is 1.38. The number of hydrogen-bond acceptors (Lipinski definition) is 7. The van der Waals surface area contributed by atoms with E-state index in [1.54, 1.807) is 0 Å². The monoisotopic (exact) mass is 259 g/mol. The molecule has 1 heterocycles. The average molecular weight is 259 g/mol. The van der Waals surface area contributed by atoms with Crippen molar-refractivity contribution in [2.45, 2.75) is 5.16 Å². The molecule has 0 unspecified atom stereocenters. The van der Waals surface area contributed by atoms with E-state index in [1.807, 2.05) is 6.26 Å². The number of nitrogens with zero attached hydrogens (tertiary/aromatic N) is 2. The van der Waals surface area contributed by atoms with Gasteiger partial charge in [-0.1, -0.05) is 0 Å². The summed E-state index contributed by atoms with van der Waals surface area (Å²) >= 11 is 1.38. The molecule has 0 atom stereocenters. The van der Waals surface area contributed by atoms with E-state index in [1.165, 1.54) is 17.8 Å². The zero-order valence-corrected chi connectivity index (χ0v) is 10.3. The molecule has 0 aliphatic rings. The zero-order chi connectivity index (χ0) is 11.8. The third-order valence-electron chi connectivity index (χ3n) is 1.42. The number of hydrogen-bond donors (Lipinski definition) is 1. The molecule has 0 fully saturated rings. The van der Waals surface area contributed by atoms with Gasteiger partial charge in [0.05, 0.1) is 0 Å². The van der Waals surface area contributed by atoms with Crippen LogP contribution in [0.1, 0.15) is 0 Å². The van der Waals surface area contributed by atoms with Gasteiger partial charge in [0.1, 0.15) is 0 Å². The predicted molar refractivity (Wildman–Crippen MR) is 61.2 cm³/mol. The number of aromatic nitrogens is 2. The third kappa shape index (κ3) is 4.68. The fourth-order valence-electron chi connectivity index (χ4n) is 0.846. The molecule has 0 aliphatic carbocycles. The van der Waals surface area contributed by atoms with E-state index in [4.69, 9.17) is 15.2 Å². The van der Waals surface area contributed by atoms with Gasteiger partial charge in [-0.3, -0.25) is 0 Å². The molecule has 86 valence electrons. The SMILES string of the molecule is CSc1nc(N)cc(OCCOC#P=O)n1. The van der Waals surface area contributed by atoms with Crippen molar-refractivity contribution >= 4 is 25.5 Å². The van der Waals surface area contributed by atoms with Gasteiger partial charge >= 0.3 is 97.6 Å². The van der Waals surface area contributed by atoms with Gasteiger partial charge in [-0.05, 0) is 0 Å². The summed E-state index contributed by atoms with van der Waals surface area (Å²) in [7, 11) is -0.283. The van der Waals surface area contributed by atoms with E-state index in [-0.39, 0.29) is 21.1 Å². The van der Waals surface area contributed by atoms with E-state index in [0.717, 1.165) is 0 Å². The van der Waals surface area contributed by atoms with Crippen molar-refractivity contribution in [2.24, 2.45) is 0 Å². The molecule has 0 aromatic carbocycles. The van der Waals surface area contributed by atoms with Crippen LogP contribution in [0.5, 0.6) is 5.88 Å². The van der Waals surface area contributed by atoms with Crippen molar-refractivity contribution in [3.8, 4) is 11.7 Å². The third-order valence-corrected chi connectivity index (χ3v) is 2.17. The fraction of sp³-hybridized carbons (Fsp3) is 0.375. The topological polar surface area (TPSA) is 87.3 Å². The first-order valence-electron chi connectivity index (χ1n) is 4.26. The minimum atomic E-state index is -0.283. The van der Waals surface area contributed by atoms with Gasteiger partial charge in [-0.2, -0.15) is 0 Å². The molecule has 0 bridgehead atoms. The minimum absolute atomic E-state index is 0.244. The summed E-state index contributed by atoms with van der Waals surface area (Å²) in [6.45, 7) is 0.514. The van der Waals surface area contributed by atoms with Gasteiger partial charge in [-0.15, -0.1) is 0 Å². The van der Waals surface area contributed by atoms with Gasteiger partial charge in [0, 0.05) is 0 Å². The zero-order valence-electron chi connectivity index (χ0n) is 8.54. The Hall–Kier alpha value is -1.00. The Morgan fingerprint density at radius 2 is 2.38 bits per heavy atom. The van der Waals surface area contributed by atoms with Crippen LogP contribution in [-0.4, -0.2) is 29.4 Å². The quantitative estimate of drug-likeness (QED) is 0.370. The molecule has 1 rings (SSSR count). The Kier molecular flexibility index (Phi) is 5.96. The molecule has 8 heteroatoms. The second-order valence-corrected chi connectivity index (χ2v) is 3.64. The maximum atomic E-state index is 9.95. The van der Waals surface area contributed by atoms with Crippen LogP contribution in [0.2, 0.25) is 0 Å². The molecule has 0 spiro atoms. The van der Waals surface area contributed by atoms with Crippen molar-refractivity contribution in [3.63, 3.8) is 0 Å². The normalized spacial score (nSPS) is 9.56. The van der Waals surface area contributed by atoms with Crippen LogP contribution in [0, 0.1) is 5.81 Å². The summed E-state index contributed by atoms with van der Waals surface area (Å²) in [6.07, 6.45) is 1.85. The molecule has 6 nitrogen and oxygen atoms in total. The first-order chi connectivity index (χ1) is 7.76. The van der Waals surface area contributed by atoms with E-state index in [2.05, 4.69) is 15.8 Å².